The number of carbonyl (C=O) groups excluding carboxylic acids is 1. The first-order chi connectivity index (χ1) is 15.3. The molecule has 0 aliphatic rings. The van der Waals surface area contributed by atoms with Gasteiger partial charge in [0.1, 0.15) is 5.75 Å². The van der Waals surface area contributed by atoms with Crippen LogP contribution in [0.1, 0.15) is 37.8 Å². The summed E-state index contributed by atoms with van der Waals surface area (Å²) in [7, 11) is -3.35. The standard InChI is InChI=1S/C25H30N2O4S/c1-19(2)27-32(29,30)18-21-14-12-20(13-15-21)17-26-25(28)11-6-16-31-24-10-5-8-22-7-3-4-9-23(22)24/h3-5,7-10,12-15,19,27H,6,11,16-18H2,1-2H3,(H,26,28). The van der Waals surface area contributed by atoms with Gasteiger partial charge in [0.15, 0.2) is 0 Å². The summed E-state index contributed by atoms with van der Waals surface area (Å²) >= 11 is 0. The molecule has 1 amide bonds. The Morgan fingerprint density at radius 3 is 2.38 bits per heavy atom. The smallest absolute Gasteiger partial charge is 0.220 e. The third-order valence-electron chi connectivity index (χ3n) is 4.84. The van der Waals surface area contributed by atoms with Crippen molar-refractivity contribution in [3.63, 3.8) is 0 Å². The maximum absolute atomic E-state index is 12.1. The second-order valence-electron chi connectivity index (χ2n) is 8.05. The predicted octanol–water partition coefficient (Wildman–Crippen LogP) is 4.14. The van der Waals surface area contributed by atoms with E-state index in [1.807, 2.05) is 54.6 Å². The summed E-state index contributed by atoms with van der Waals surface area (Å²) in [6.45, 7) is 4.45. The molecule has 3 aromatic carbocycles. The van der Waals surface area contributed by atoms with E-state index in [0.717, 1.165) is 22.1 Å². The Kier molecular flexibility index (Phi) is 8.25. The van der Waals surface area contributed by atoms with Crippen LogP contribution in [0.5, 0.6) is 5.75 Å². The van der Waals surface area contributed by atoms with Gasteiger partial charge in [0.05, 0.1) is 12.4 Å². The summed E-state index contributed by atoms with van der Waals surface area (Å²) in [5.74, 6) is 0.725. The van der Waals surface area contributed by atoms with Crippen LogP contribution in [-0.4, -0.2) is 27.0 Å². The van der Waals surface area contributed by atoms with E-state index >= 15 is 0 Å². The van der Waals surface area contributed by atoms with Crippen molar-refractivity contribution in [2.45, 2.75) is 45.0 Å². The first kappa shape index (κ1) is 23.8. The van der Waals surface area contributed by atoms with Gasteiger partial charge in [-0.25, -0.2) is 13.1 Å². The fraction of sp³-hybridized carbons (Fsp3) is 0.320. The maximum Gasteiger partial charge on any atom is 0.220 e. The van der Waals surface area contributed by atoms with Crippen molar-refractivity contribution >= 4 is 26.7 Å². The van der Waals surface area contributed by atoms with E-state index in [1.165, 1.54) is 0 Å². The summed E-state index contributed by atoms with van der Waals surface area (Å²) in [5, 5.41) is 5.09. The van der Waals surface area contributed by atoms with Gasteiger partial charge in [-0.05, 0) is 42.8 Å². The van der Waals surface area contributed by atoms with Gasteiger partial charge in [0.2, 0.25) is 15.9 Å². The van der Waals surface area contributed by atoms with Crippen molar-refractivity contribution in [1.29, 1.82) is 0 Å². The first-order valence-electron chi connectivity index (χ1n) is 10.8. The Morgan fingerprint density at radius 2 is 1.62 bits per heavy atom. The molecule has 0 saturated carbocycles. The lowest BCUT2D eigenvalue weighted by Gasteiger charge is -2.11. The molecule has 0 bridgehead atoms. The molecular weight excluding hydrogens is 424 g/mol. The lowest BCUT2D eigenvalue weighted by Crippen LogP contribution is -2.31. The Bertz CT molecular complexity index is 1140. The number of sulfonamides is 1. The topological polar surface area (TPSA) is 84.5 Å². The molecular formula is C25H30N2O4S. The van der Waals surface area contributed by atoms with Gasteiger partial charge in [-0.3, -0.25) is 4.79 Å². The summed E-state index contributed by atoms with van der Waals surface area (Å²) in [5.41, 5.74) is 1.63. The summed E-state index contributed by atoms with van der Waals surface area (Å²) in [6, 6.07) is 21.1. The molecule has 0 radical (unpaired) electrons. The number of hydrogen-bond donors (Lipinski definition) is 2. The zero-order valence-electron chi connectivity index (χ0n) is 18.5. The second kappa shape index (κ2) is 11.1. The first-order valence-corrected chi connectivity index (χ1v) is 12.4. The van der Waals surface area contributed by atoms with Crippen molar-refractivity contribution in [1.82, 2.24) is 10.0 Å². The highest BCUT2D eigenvalue weighted by Gasteiger charge is 2.13. The molecule has 7 heteroatoms. The predicted molar refractivity (Wildman–Crippen MR) is 128 cm³/mol. The molecule has 0 unspecified atom stereocenters. The molecule has 0 aliphatic heterocycles. The number of carbonyl (C=O) groups is 1. The summed E-state index contributed by atoms with van der Waals surface area (Å²) in [4.78, 5) is 12.1. The van der Waals surface area contributed by atoms with Gasteiger partial charge in [-0.15, -0.1) is 0 Å². The molecule has 0 aliphatic carbocycles. The van der Waals surface area contributed by atoms with Crippen molar-refractivity contribution in [3.8, 4) is 5.75 Å². The molecule has 170 valence electrons. The minimum absolute atomic E-state index is 0.0423. The molecule has 0 spiro atoms. The van der Waals surface area contributed by atoms with Crippen LogP contribution in [0, 0.1) is 0 Å². The maximum atomic E-state index is 12.1. The lowest BCUT2D eigenvalue weighted by atomic mass is 10.1. The minimum Gasteiger partial charge on any atom is -0.493 e. The van der Waals surface area contributed by atoms with E-state index in [4.69, 9.17) is 4.74 Å². The van der Waals surface area contributed by atoms with E-state index in [1.54, 1.807) is 26.0 Å². The third-order valence-corrected chi connectivity index (χ3v) is 6.38. The highest BCUT2D eigenvalue weighted by Crippen LogP contribution is 2.25. The van der Waals surface area contributed by atoms with Gasteiger partial charge < -0.3 is 10.1 Å². The number of amides is 1. The number of nitrogens with one attached hydrogen (secondary N) is 2. The van der Waals surface area contributed by atoms with Gasteiger partial charge in [-0.2, -0.15) is 0 Å². The third kappa shape index (κ3) is 7.35. The highest BCUT2D eigenvalue weighted by molar-refractivity contribution is 7.88. The van der Waals surface area contributed by atoms with Gasteiger partial charge in [0, 0.05) is 24.4 Å². The average Bonchev–Trinajstić information content (AvgIpc) is 2.75. The van der Waals surface area contributed by atoms with Crippen LogP contribution < -0.4 is 14.8 Å². The molecule has 6 nitrogen and oxygen atoms in total. The monoisotopic (exact) mass is 454 g/mol. The quantitative estimate of drug-likeness (QED) is 0.427. The van der Waals surface area contributed by atoms with Crippen LogP contribution in [0.25, 0.3) is 10.8 Å². The van der Waals surface area contributed by atoms with E-state index in [-0.39, 0.29) is 17.7 Å². The summed E-state index contributed by atoms with van der Waals surface area (Å²) < 4.78 is 32.5. The van der Waals surface area contributed by atoms with E-state index < -0.39 is 10.0 Å². The normalized spacial score (nSPS) is 11.6. The van der Waals surface area contributed by atoms with E-state index in [9.17, 15) is 13.2 Å². The largest absolute Gasteiger partial charge is 0.493 e. The van der Waals surface area contributed by atoms with Crippen LogP contribution in [0.2, 0.25) is 0 Å². The van der Waals surface area contributed by atoms with Crippen LogP contribution in [0.15, 0.2) is 66.7 Å². The number of hydrogen-bond acceptors (Lipinski definition) is 4. The number of benzene rings is 3. The van der Waals surface area contributed by atoms with Crippen LogP contribution in [0.3, 0.4) is 0 Å². The fourth-order valence-electron chi connectivity index (χ4n) is 3.40. The Balaban J connectivity index is 1.39. The molecule has 0 saturated heterocycles. The molecule has 32 heavy (non-hydrogen) atoms. The Hall–Kier alpha value is -2.90. The molecule has 0 heterocycles. The van der Waals surface area contributed by atoms with Gasteiger partial charge >= 0.3 is 0 Å². The van der Waals surface area contributed by atoms with Crippen molar-refractivity contribution in [2.24, 2.45) is 0 Å². The molecule has 2 N–H and O–H groups in total. The number of ether oxygens (including phenoxy) is 1. The van der Waals surface area contributed by atoms with E-state index in [0.29, 0.717) is 31.6 Å². The van der Waals surface area contributed by atoms with Crippen LogP contribution in [0.4, 0.5) is 0 Å². The fourth-order valence-corrected chi connectivity index (χ4v) is 4.83. The van der Waals surface area contributed by atoms with Crippen LogP contribution >= 0.6 is 0 Å². The SMILES string of the molecule is CC(C)NS(=O)(=O)Cc1ccc(CNC(=O)CCCOc2cccc3ccccc23)cc1. The van der Waals surface area contributed by atoms with E-state index in [2.05, 4.69) is 10.0 Å². The molecule has 0 fully saturated rings. The van der Waals surface area contributed by atoms with Crippen LogP contribution in [-0.2, 0) is 27.1 Å². The number of fused-ring (bicyclic) bond motifs is 1. The number of rotatable bonds is 11. The minimum atomic E-state index is -3.35. The van der Waals surface area contributed by atoms with Gasteiger partial charge in [-0.1, -0.05) is 60.7 Å². The van der Waals surface area contributed by atoms with Crippen molar-refractivity contribution in [2.75, 3.05) is 6.61 Å². The lowest BCUT2D eigenvalue weighted by molar-refractivity contribution is -0.121. The average molecular weight is 455 g/mol. The van der Waals surface area contributed by atoms with Gasteiger partial charge in [0.25, 0.3) is 0 Å². The second-order valence-corrected chi connectivity index (χ2v) is 9.81. The Morgan fingerprint density at radius 1 is 0.938 bits per heavy atom. The zero-order chi connectivity index (χ0) is 23.0. The summed E-state index contributed by atoms with van der Waals surface area (Å²) in [6.07, 6.45) is 0.997. The van der Waals surface area contributed by atoms with Crippen molar-refractivity contribution in [3.05, 3.63) is 77.9 Å². The zero-order valence-corrected chi connectivity index (χ0v) is 19.3. The van der Waals surface area contributed by atoms with Crippen molar-refractivity contribution < 1.29 is 17.9 Å². The molecule has 0 aromatic heterocycles. The molecule has 3 rings (SSSR count). The molecule has 0 atom stereocenters. The Labute approximate surface area is 190 Å². The highest BCUT2D eigenvalue weighted by atomic mass is 32.2. The molecule has 3 aromatic rings.